The van der Waals surface area contributed by atoms with Crippen LogP contribution in [0.1, 0.15) is 43.2 Å². The van der Waals surface area contributed by atoms with Crippen LogP contribution < -0.4 is 5.32 Å². The largest absolute Gasteiger partial charge is 0.341 e. The van der Waals surface area contributed by atoms with Crippen LogP contribution in [0.25, 0.3) is 0 Å². The van der Waals surface area contributed by atoms with Gasteiger partial charge in [0.25, 0.3) is 0 Å². The third-order valence-electron chi connectivity index (χ3n) is 6.19. The smallest absolute Gasteiger partial charge is 0.321 e. The van der Waals surface area contributed by atoms with E-state index in [0.29, 0.717) is 11.8 Å². The molecule has 2 fully saturated rings. The van der Waals surface area contributed by atoms with E-state index in [1.165, 1.54) is 11.1 Å². The van der Waals surface area contributed by atoms with Crippen LogP contribution in [-0.2, 0) is 4.79 Å². The van der Waals surface area contributed by atoms with Gasteiger partial charge in [-0.25, -0.2) is 4.79 Å². The number of rotatable bonds is 5. The van der Waals surface area contributed by atoms with Crippen LogP contribution in [-0.4, -0.2) is 52.9 Å². The molecule has 0 saturated carbocycles. The number of nitrogens with one attached hydrogen (secondary N) is 1. The lowest BCUT2D eigenvalue weighted by atomic mass is 9.90. The first-order valence-electron chi connectivity index (χ1n) is 10.4. The lowest BCUT2D eigenvalue weighted by Gasteiger charge is -2.41. The summed E-state index contributed by atoms with van der Waals surface area (Å²) >= 11 is 0. The van der Waals surface area contributed by atoms with Crippen molar-refractivity contribution in [1.29, 1.82) is 0 Å². The minimum Gasteiger partial charge on any atom is -0.341 e. The zero-order chi connectivity index (χ0) is 20.4. The van der Waals surface area contributed by atoms with Gasteiger partial charge in [-0.3, -0.25) is 9.78 Å². The van der Waals surface area contributed by atoms with Gasteiger partial charge in [-0.2, -0.15) is 0 Å². The first-order chi connectivity index (χ1) is 14.0. The molecule has 152 valence electrons. The topological polar surface area (TPSA) is 65.5 Å². The number of hydrogen-bond donors (Lipinski definition) is 1. The van der Waals surface area contributed by atoms with Gasteiger partial charge in [-0.15, -0.1) is 0 Å². The molecule has 6 nitrogen and oxygen atoms in total. The second kappa shape index (κ2) is 8.23. The minimum absolute atomic E-state index is 0.0631. The number of amides is 3. The summed E-state index contributed by atoms with van der Waals surface area (Å²) in [6.45, 7) is 7.06. The summed E-state index contributed by atoms with van der Waals surface area (Å²) in [6.07, 6.45) is 4.52. The number of hydrogen-bond acceptors (Lipinski definition) is 3. The van der Waals surface area contributed by atoms with Crippen molar-refractivity contribution in [2.75, 3.05) is 31.5 Å². The number of urea groups is 1. The Morgan fingerprint density at radius 3 is 2.31 bits per heavy atom. The van der Waals surface area contributed by atoms with E-state index in [1.807, 2.05) is 48.0 Å². The number of pyridine rings is 1. The fourth-order valence-electron chi connectivity index (χ4n) is 3.87. The Bertz CT molecular complexity index is 856. The first-order valence-corrected chi connectivity index (χ1v) is 10.4. The van der Waals surface area contributed by atoms with Crippen molar-refractivity contribution in [1.82, 2.24) is 14.8 Å². The van der Waals surface area contributed by atoms with Gasteiger partial charge in [0, 0.05) is 62.0 Å². The van der Waals surface area contributed by atoms with Crippen LogP contribution in [0.2, 0.25) is 0 Å². The first kappa shape index (κ1) is 19.4. The Morgan fingerprint density at radius 1 is 1.03 bits per heavy atom. The summed E-state index contributed by atoms with van der Waals surface area (Å²) in [7, 11) is 0. The number of aromatic nitrogens is 1. The molecular formula is C23H28N4O2. The molecule has 1 aromatic carbocycles. The van der Waals surface area contributed by atoms with Crippen LogP contribution >= 0.6 is 0 Å². The summed E-state index contributed by atoms with van der Waals surface area (Å²) in [5, 5.41) is 2.97. The van der Waals surface area contributed by atoms with Gasteiger partial charge >= 0.3 is 6.03 Å². The van der Waals surface area contributed by atoms with E-state index in [9.17, 15) is 9.59 Å². The fraction of sp³-hybridized carbons (Fsp3) is 0.435. The Balaban J connectivity index is 1.24. The monoisotopic (exact) mass is 392 g/mol. The van der Waals surface area contributed by atoms with E-state index >= 15 is 0 Å². The molecule has 0 aliphatic carbocycles. The summed E-state index contributed by atoms with van der Waals surface area (Å²) in [4.78, 5) is 32.5. The van der Waals surface area contributed by atoms with E-state index in [2.05, 4.69) is 28.5 Å². The van der Waals surface area contributed by atoms with Gasteiger partial charge in [-0.1, -0.05) is 32.0 Å². The van der Waals surface area contributed by atoms with E-state index in [0.717, 1.165) is 38.3 Å². The lowest BCUT2D eigenvalue weighted by Crippen LogP contribution is -2.50. The minimum atomic E-state index is -0.0631. The molecule has 0 bridgehead atoms. The normalized spacial score (nSPS) is 18.0. The van der Waals surface area contributed by atoms with Gasteiger partial charge in [0.15, 0.2) is 0 Å². The molecule has 6 heteroatoms. The summed E-state index contributed by atoms with van der Waals surface area (Å²) < 4.78 is 0. The molecule has 0 spiro atoms. The summed E-state index contributed by atoms with van der Waals surface area (Å²) in [5.74, 6) is 1.12. The zero-order valence-corrected chi connectivity index (χ0v) is 17.0. The highest BCUT2D eigenvalue weighted by Gasteiger charge is 2.34. The SMILES string of the molecule is CC[C@H](C)C(=O)N1CC(c2ccc(NC(=O)N3CC(c4cccnc4)C3)cc2)C1. The Labute approximate surface area is 171 Å². The van der Waals surface area contributed by atoms with Crippen molar-refractivity contribution < 1.29 is 9.59 Å². The number of carbonyl (C=O) groups excluding carboxylic acids is 2. The molecule has 1 aromatic heterocycles. The molecule has 1 N–H and O–H groups in total. The highest BCUT2D eigenvalue weighted by Crippen LogP contribution is 2.30. The fourth-order valence-corrected chi connectivity index (χ4v) is 3.87. The number of likely N-dealkylation sites (tertiary alicyclic amines) is 2. The molecule has 0 unspecified atom stereocenters. The van der Waals surface area contributed by atoms with Crippen molar-refractivity contribution >= 4 is 17.6 Å². The number of anilines is 1. The molecule has 29 heavy (non-hydrogen) atoms. The van der Waals surface area contributed by atoms with Gasteiger partial charge in [0.05, 0.1) is 0 Å². The highest BCUT2D eigenvalue weighted by atomic mass is 16.2. The molecule has 2 aliphatic heterocycles. The molecule has 0 radical (unpaired) electrons. The van der Waals surface area contributed by atoms with Crippen molar-refractivity contribution in [3.05, 3.63) is 59.9 Å². The summed E-state index contributed by atoms with van der Waals surface area (Å²) in [6, 6.07) is 11.9. The second-order valence-electron chi connectivity index (χ2n) is 8.19. The Morgan fingerprint density at radius 2 is 1.69 bits per heavy atom. The number of benzene rings is 1. The molecule has 2 aromatic rings. The average molecular weight is 393 g/mol. The number of nitrogens with zero attached hydrogens (tertiary/aromatic N) is 3. The maximum absolute atomic E-state index is 12.4. The van der Waals surface area contributed by atoms with Crippen LogP contribution in [0, 0.1) is 5.92 Å². The van der Waals surface area contributed by atoms with Crippen molar-refractivity contribution in [3.63, 3.8) is 0 Å². The molecule has 4 rings (SSSR count). The second-order valence-corrected chi connectivity index (χ2v) is 8.19. The highest BCUT2D eigenvalue weighted by molar-refractivity contribution is 5.90. The van der Waals surface area contributed by atoms with Crippen LogP contribution in [0.5, 0.6) is 0 Å². The van der Waals surface area contributed by atoms with Gasteiger partial charge < -0.3 is 15.1 Å². The lowest BCUT2D eigenvalue weighted by molar-refractivity contribution is -0.139. The Hall–Kier alpha value is -2.89. The van der Waals surface area contributed by atoms with E-state index in [4.69, 9.17) is 0 Å². The van der Waals surface area contributed by atoms with Crippen LogP contribution in [0.15, 0.2) is 48.8 Å². The molecule has 2 saturated heterocycles. The third kappa shape index (κ3) is 4.11. The van der Waals surface area contributed by atoms with E-state index in [1.54, 1.807) is 6.20 Å². The van der Waals surface area contributed by atoms with Crippen molar-refractivity contribution in [2.45, 2.75) is 32.1 Å². The predicted molar refractivity (Wildman–Crippen MR) is 113 cm³/mol. The number of carbonyl (C=O) groups is 2. The quantitative estimate of drug-likeness (QED) is 0.844. The molecule has 3 amide bonds. The van der Waals surface area contributed by atoms with Gasteiger partial charge in [0.2, 0.25) is 5.91 Å². The third-order valence-corrected chi connectivity index (χ3v) is 6.19. The van der Waals surface area contributed by atoms with E-state index < -0.39 is 0 Å². The van der Waals surface area contributed by atoms with Crippen LogP contribution in [0.3, 0.4) is 0 Å². The predicted octanol–water partition coefficient (Wildman–Crippen LogP) is 3.68. The molecular weight excluding hydrogens is 364 g/mol. The van der Waals surface area contributed by atoms with Gasteiger partial charge in [-0.05, 0) is 35.7 Å². The van der Waals surface area contributed by atoms with E-state index in [-0.39, 0.29) is 17.9 Å². The summed E-state index contributed by atoms with van der Waals surface area (Å²) in [5.41, 5.74) is 3.20. The maximum Gasteiger partial charge on any atom is 0.321 e. The standard InChI is InChI=1S/C23H28N4O2/c1-3-16(2)22(28)26-12-19(13-26)17-6-8-21(9-7-17)25-23(29)27-14-20(15-27)18-5-4-10-24-11-18/h4-11,16,19-20H,3,12-15H2,1-2H3,(H,25,29)/t16-/m0/s1. The molecule has 2 aliphatic rings. The zero-order valence-electron chi connectivity index (χ0n) is 17.0. The van der Waals surface area contributed by atoms with Gasteiger partial charge in [0.1, 0.15) is 0 Å². The molecule has 1 atom stereocenters. The molecule has 3 heterocycles. The van der Waals surface area contributed by atoms with Crippen molar-refractivity contribution in [3.8, 4) is 0 Å². The maximum atomic E-state index is 12.4. The van der Waals surface area contributed by atoms with Crippen molar-refractivity contribution in [2.24, 2.45) is 5.92 Å². The Kier molecular flexibility index (Phi) is 5.51. The average Bonchev–Trinajstić information content (AvgIpc) is 2.67. The van der Waals surface area contributed by atoms with Crippen LogP contribution in [0.4, 0.5) is 10.5 Å².